The van der Waals surface area contributed by atoms with Crippen molar-refractivity contribution in [2.75, 3.05) is 31.1 Å². The molecular formula is C25H28N2O3. The topological polar surface area (TPSA) is 61.8 Å². The summed E-state index contributed by atoms with van der Waals surface area (Å²) in [6.45, 7) is 5.31. The fourth-order valence-electron chi connectivity index (χ4n) is 4.12. The van der Waals surface area contributed by atoms with Crippen molar-refractivity contribution in [3.05, 3.63) is 77.9 Å². The molecule has 2 N–H and O–H groups in total. The molecular weight excluding hydrogens is 376 g/mol. The molecule has 0 amide bonds. The molecule has 156 valence electrons. The molecule has 1 saturated heterocycles. The second-order valence-corrected chi connectivity index (χ2v) is 7.87. The number of rotatable bonds is 7. The number of anilines is 1. The van der Waals surface area contributed by atoms with Gasteiger partial charge >= 0.3 is 5.97 Å². The molecule has 0 bridgehead atoms. The van der Waals surface area contributed by atoms with Gasteiger partial charge in [0, 0.05) is 31.4 Å². The minimum atomic E-state index is -0.805. The Morgan fingerprint density at radius 1 is 1.13 bits per heavy atom. The summed E-state index contributed by atoms with van der Waals surface area (Å²) in [4.78, 5) is 13.2. The minimum Gasteiger partial charge on any atom is -0.481 e. The molecule has 1 aliphatic heterocycles. The zero-order valence-corrected chi connectivity index (χ0v) is 17.3. The Bertz CT molecular complexity index is 997. The van der Waals surface area contributed by atoms with Gasteiger partial charge in [0.2, 0.25) is 0 Å². The predicted octanol–water partition coefficient (Wildman–Crippen LogP) is 4.02. The van der Waals surface area contributed by atoms with E-state index in [-0.39, 0.29) is 18.6 Å². The highest BCUT2D eigenvalue weighted by molar-refractivity contribution is 5.86. The third-order valence-electron chi connectivity index (χ3n) is 5.74. The number of carboxylic acid groups (broad SMARTS) is 1. The molecule has 0 aromatic heterocycles. The van der Waals surface area contributed by atoms with Crippen LogP contribution in [0.15, 0.2) is 66.7 Å². The van der Waals surface area contributed by atoms with Gasteiger partial charge in [0.05, 0.1) is 19.1 Å². The van der Waals surface area contributed by atoms with Crippen LogP contribution in [-0.4, -0.2) is 43.4 Å². The lowest BCUT2D eigenvalue weighted by Crippen LogP contribution is -2.47. The van der Waals surface area contributed by atoms with Gasteiger partial charge in [-0.2, -0.15) is 0 Å². The number of carbonyl (C=O) groups is 1. The number of carboxylic acids is 1. The molecule has 0 saturated carbocycles. The Balaban J connectivity index is 1.36. The molecule has 2 unspecified atom stereocenters. The van der Waals surface area contributed by atoms with Crippen LogP contribution in [0.5, 0.6) is 0 Å². The number of ether oxygens (including phenoxy) is 1. The minimum absolute atomic E-state index is 0.0575. The summed E-state index contributed by atoms with van der Waals surface area (Å²) >= 11 is 0. The summed E-state index contributed by atoms with van der Waals surface area (Å²) < 4.78 is 6.00. The van der Waals surface area contributed by atoms with Crippen LogP contribution < -0.4 is 10.2 Å². The van der Waals surface area contributed by atoms with Crippen molar-refractivity contribution in [2.45, 2.75) is 25.5 Å². The number of nitrogens with one attached hydrogen (secondary N) is 1. The fourth-order valence-corrected chi connectivity index (χ4v) is 4.12. The van der Waals surface area contributed by atoms with E-state index in [1.165, 1.54) is 16.3 Å². The molecule has 1 heterocycles. The summed E-state index contributed by atoms with van der Waals surface area (Å²) in [5.41, 5.74) is 3.23. The van der Waals surface area contributed by atoms with Gasteiger partial charge in [-0.15, -0.1) is 0 Å². The number of hydrogen-bond donors (Lipinski definition) is 2. The maximum atomic E-state index is 10.9. The van der Waals surface area contributed by atoms with Crippen LogP contribution in [0.25, 0.3) is 10.8 Å². The SMILES string of the molecule is CC(NCC1CN(c2ccc(CC(=O)O)cc2)CCO1)c1cccc2ccccc12. The second kappa shape index (κ2) is 9.28. The van der Waals surface area contributed by atoms with Gasteiger partial charge < -0.3 is 20.1 Å². The third kappa shape index (κ3) is 4.81. The lowest BCUT2D eigenvalue weighted by atomic mass is 9.99. The van der Waals surface area contributed by atoms with Gasteiger partial charge in [0.1, 0.15) is 0 Å². The first-order valence-electron chi connectivity index (χ1n) is 10.5. The number of morpholine rings is 1. The van der Waals surface area contributed by atoms with Crippen molar-refractivity contribution in [3.63, 3.8) is 0 Å². The average molecular weight is 405 g/mol. The molecule has 1 fully saturated rings. The predicted molar refractivity (Wildman–Crippen MR) is 120 cm³/mol. The molecule has 0 radical (unpaired) electrons. The van der Waals surface area contributed by atoms with Crippen molar-refractivity contribution < 1.29 is 14.6 Å². The van der Waals surface area contributed by atoms with Gasteiger partial charge in [-0.05, 0) is 41.0 Å². The van der Waals surface area contributed by atoms with Gasteiger partial charge in [-0.25, -0.2) is 0 Å². The lowest BCUT2D eigenvalue weighted by molar-refractivity contribution is -0.136. The first-order valence-corrected chi connectivity index (χ1v) is 10.5. The van der Waals surface area contributed by atoms with Crippen LogP contribution in [0.3, 0.4) is 0 Å². The number of benzene rings is 3. The fraction of sp³-hybridized carbons (Fsp3) is 0.320. The van der Waals surface area contributed by atoms with Gasteiger partial charge in [-0.3, -0.25) is 4.79 Å². The summed E-state index contributed by atoms with van der Waals surface area (Å²) in [5.74, 6) is -0.805. The normalized spacial score (nSPS) is 17.8. The van der Waals surface area contributed by atoms with Crippen molar-refractivity contribution in [3.8, 4) is 0 Å². The van der Waals surface area contributed by atoms with E-state index < -0.39 is 5.97 Å². The first kappa shape index (κ1) is 20.4. The smallest absolute Gasteiger partial charge is 0.307 e. The average Bonchev–Trinajstić information content (AvgIpc) is 2.77. The summed E-state index contributed by atoms with van der Waals surface area (Å²) in [6, 6.07) is 23.0. The van der Waals surface area contributed by atoms with Crippen molar-refractivity contribution in [1.29, 1.82) is 0 Å². The lowest BCUT2D eigenvalue weighted by Gasteiger charge is -2.35. The van der Waals surface area contributed by atoms with E-state index in [1.54, 1.807) is 0 Å². The van der Waals surface area contributed by atoms with Crippen molar-refractivity contribution >= 4 is 22.4 Å². The largest absolute Gasteiger partial charge is 0.481 e. The Kier molecular flexibility index (Phi) is 6.31. The van der Waals surface area contributed by atoms with E-state index >= 15 is 0 Å². The van der Waals surface area contributed by atoms with E-state index in [9.17, 15) is 4.79 Å². The quantitative estimate of drug-likeness (QED) is 0.623. The maximum absolute atomic E-state index is 10.9. The van der Waals surface area contributed by atoms with Crippen LogP contribution in [0.1, 0.15) is 24.1 Å². The molecule has 0 spiro atoms. The standard InChI is InChI=1S/C25H28N2O3/c1-18(23-8-4-6-20-5-2-3-7-24(20)23)26-16-22-17-27(13-14-30-22)21-11-9-19(10-12-21)15-25(28)29/h2-12,18,22,26H,13-17H2,1H3,(H,28,29). The van der Waals surface area contributed by atoms with E-state index in [0.717, 1.165) is 30.9 Å². The molecule has 1 aliphatic rings. The Labute approximate surface area is 177 Å². The summed E-state index contributed by atoms with van der Waals surface area (Å²) in [7, 11) is 0. The monoisotopic (exact) mass is 404 g/mol. The van der Waals surface area contributed by atoms with Crippen molar-refractivity contribution in [2.24, 2.45) is 0 Å². The van der Waals surface area contributed by atoms with Crippen molar-refractivity contribution in [1.82, 2.24) is 5.32 Å². The van der Waals surface area contributed by atoms with Crippen LogP contribution in [0.4, 0.5) is 5.69 Å². The van der Waals surface area contributed by atoms with Gasteiger partial charge in [-0.1, -0.05) is 54.6 Å². The number of aliphatic carboxylic acids is 1. The number of hydrogen-bond acceptors (Lipinski definition) is 4. The Hall–Kier alpha value is -2.89. The molecule has 3 aromatic carbocycles. The molecule has 2 atom stereocenters. The highest BCUT2D eigenvalue weighted by atomic mass is 16.5. The zero-order valence-electron chi connectivity index (χ0n) is 17.3. The maximum Gasteiger partial charge on any atom is 0.307 e. The highest BCUT2D eigenvalue weighted by Gasteiger charge is 2.21. The molecule has 5 nitrogen and oxygen atoms in total. The Morgan fingerprint density at radius 3 is 2.70 bits per heavy atom. The second-order valence-electron chi connectivity index (χ2n) is 7.87. The number of nitrogens with zero attached hydrogens (tertiary/aromatic N) is 1. The highest BCUT2D eigenvalue weighted by Crippen LogP contribution is 2.24. The third-order valence-corrected chi connectivity index (χ3v) is 5.74. The number of fused-ring (bicyclic) bond motifs is 1. The van der Waals surface area contributed by atoms with E-state index in [1.807, 2.05) is 24.3 Å². The van der Waals surface area contributed by atoms with E-state index in [2.05, 4.69) is 59.6 Å². The zero-order chi connectivity index (χ0) is 20.9. The molecule has 4 rings (SSSR count). The van der Waals surface area contributed by atoms with Gasteiger partial charge in [0.25, 0.3) is 0 Å². The molecule has 5 heteroatoms. The summed E-state index contributed by atoms with van der Waals surface area (Å²) in [6.07, 6.45) is 0.164. The van der Waals surface area contributed by atoms with E-state index in [4.69, 9.17) is 9.84 Å². The first-order chi connectivity index (χ1) is 14.6. The van der Waals surface area contributed by atoms with Crippen LogP contribution in [0.2, 0.25) is 0 Å². The molecule has 0 aliphatic carbocycles. The van der Waals surface area contributed by atoms with Crippen LogP contribution in [-0.2, 0) is 16.0 Å². The van der Waals surface area contributed by atoms with Gasteiger partial charge in [0.15, 0.2) is 0 Å². The summed E-state index contributed by atoms with van der Waals surface area (Å²) in [5, 5.41) is 15.1. The molecule has 30 heavy (non-hydrogen) atoms. The van der Waals surface area contributed by atoms with Crippen LogP contribution >= 0.6 is 0 Å². The van der Waals surface area contributed by atoms with Crippen LogP contribution in [0, 0.1) is 0 Å². The van der Waals surface area contributed by atoms with E-state index in [0.29, 0.717) is 6.61 Å². The Morgan fingerprint density at radius 2 is 1.90 bits per heavy atom. The molecule has 3 aromatic rings.